The molecule has 2 rings (SSSR count). The van der Waals surface area contributed by atoms with E-state index in [0.717, 1.165) is 13.0 Å². The van der Waals surface area contributed by atoms with Crippen LogP contribution in [0.4, 0.5) is 5.69 Å². The van der Waals surface area contributed by atoms with Gasteiger partial charge in [-0.25, -0.2) is 8.42 Å². The highest BCUT2D eigenvalue weighted by atomic mass is 32.2. The van der Waals surface area contributed by atoms with Crippen molar-refractivity contribution in [3.05, 3.63) is 33.4 Å². The number of nitro groups is 1. The first-order valence-corrected chi connectivity index (χ1v) is 8.62. The first-order valence-electron chi connectivity index (χ1n) is 7.18. The molecular weight excluding hydrogens is 306 g/mol. The van der Waals surface area contributed by atoms with Gasteiger partial charge in [0.15, 0.2) is 0 Å². The van der Waals surface area contributed by atoms with Crippen molar-refractivity contribution >= 4 is 15.7 Å². The molecule has 22 heavy (non-hydrogen) atoms. The molecule has 122 valence electrons. The zero-order chi connectivity index (χ0) is 16.5. The Kier molecular flexibility index (Phi) is 4.84. The van der Waals surface area contributed by atoms with Gasteiger partial charge in [0.2, 0.25) is 10.0 Å². The number of nitro benzene ring substituents is 1. The highest BCUT2D eigenvalue weighted by Gasteiger charge is 2.29. The molecule has 1 aliphatic rings. The van der Waals surface area contributed by atoms with Crippen molar-refractivity contribution in [1.82, 2.24) is 9.21 Å². The van der Waals surface area contributed by atoms with Crippen molar-refractivity contribution < 1.29 is 13.3 Å². The third-order valence-corrected chi connectivity index (χ3v) is 6.14. The molecule has 1 fully saturated rings. The van der Waals surface area contributed by atoms with E-state index >= 15 is 0 Å². The molecular formula is C14H21N3O4S. The van der Waals surface area contributed by atoms with Gasteiger partial charge < -0.3 is 4.90 Å². The van der Waals surface area contributed by atoms with Crippen LogP contribution < -0.4 is 0 Å². The van der Waals surface area contributed by atoms with Gasteiger partial charge in [0, 0.05) is 31.8 Å². The van der Waals surface area contributed by atoms with Crippen LogP contribution >= 0.6 is 0 Å². The maximum atomic E-state index is 12.9. The van der Waals surface area contributed by atoms with E-state index in [4.69, 9.17) is 0 Å². The molecule has 0 amide bonds. The average Bonchev–Trinajstić information content (AvgIpc) is 2.66. The molecule has 0 radical (unpaired) electrons. The number of benzene rings is 1. The fourth-order valence-corrected chi connectivity index (χ4v) is 4.37. The summed E-state index contributed by atoms with van der Waals surface area (Å²) in [6, 6.07) is 2.58. The normalized spacial score (nSPS) is 18.1. The number of aryl methyl sites for hydroxylation is 1. The van der Waals surface area contributed by atoms with E-state index in [9.17, 15) is 18.5 Å². The summed E-state index contributed by atoms with van der Waals surface area (Å²) in [4.78, 5) is 12.6. The summed E-state index contributed by atoms with van der Waals surface area (Å²) >= 11 is 0. The van der Waals surface area contributed by atoms with Crippen LogP contribution in [0.5, 0.6) is 0 Å². The lowest BCUT2D eigenvalue weighted by atomic mass is 10.1. The molecule has 7 nitrogen and oxygen atoms in total. The van der Waals surface area contributed by atoms with Gasteiger partial charge in [-0.05, 0) is 45.0 Å². The number of rotatable bonds is 3. The predicted octanol–water partition coefficient (Wildman–Crippen LogP) is 1.54. The number of hydrogen-bond donors (Lipinski definition) is 0. The zero-order valence-electron chi connectivity index (χ0n) is 13.1. The van der Waals surface area contributed by atoms with Crippen LogP contribution in [0.15, 0.2) is 17.0 Å². The van der Waals surface area contributed by atoms with Gasteiger partial charge >= 0.3 is 0 Å². The molecule has 0 spiro atoms. The quantitative estimate of drug-likeness (QED) is 0.621. The SMILES string of the molecule is Cc1cc([N+](=O)[O-])cc(S(=O)(=O)N2CCCN(C)CC2)c1C. The van der Waals surface area contributed by atoms with Crippen molar-refractivity contribution in [2.24, 2.45) is 0 Å². The molecule has 0 saturated carbocycles. The molecule has 0 aromatic heterocycles. The topological polar surface area (TPSA) is 83.8 Å². The number of hydrogen-bond acceptors (Lipinski definition) is 5. The summed E-state index contributed by atoms with van der Waals surface area (Å²) in [6.07, 6.45) is 0.753. The molecule has 1 aromatic carbocycles. The standard InChI is InChI=1S/C14H21N3O4S/c1-11-9-13(17(18)19)10-14(12(11)2)22(20,21)16-6-4-5-15(3)7-8-16/h9-10H,4-8H2,1-3H3. The highest BCUT2D eigenvalue weighted by Crippen LogP contribution is 2.28. The predicted molar refractivity (Wildman–Crippen MR) is 83.4 cm³/mol. The molecule has 1 aromatic rings. The molecule has 0 aliphatic carbocycles. The molecule has 0 bridgehead atoms. The minimum absolute atomic E-state index is 0.0451. The summed E-state index contributed by atoms with van der Waals surface area (Å²) in [5.41, 5.74) is 0.997. The fraction of sp³-hybridized carbons (Fsp3) is 0.571. The van der Waals surface area contributed by atoms with E-state index in [1.165, 1.54) is 16.4 Å². The smallest absolute Gasteiger partial charge is 0.271 e. The summed E-state index contributed by atoms with van der Waals surface area (Å²) in [5.74, 6) is 0. The van der Waals surface area contributed by atoms with E-state index in [1.807, 2.05) is 7.05 Å². The van der Waals surface area contributed by atoms with E-state index in [2.05, 4.69) is 4.90 Å². The van der Waals surface area contributed by atoms with Crippen molar-refractivity contribution in [3.63, 3.8) is 0 Å². The van der Waals surface area contributed by atoms with Crippen molar-refractivity contribution in [2.75, 3.05) is 33.2 Å². The Morgan fingerprint density at radius 3 is 2.45 bits per heavy atom. The van der Waals surface area contributed by atoms with Crippen LogP contribution in [0.1, 0.15) is 17.5 Å². The van der Waals surface area contributed by atoms with Gasteiger partial charge in [-0.2, -0.15) is 4.31 Å². The third kappa shape index (κ3) is 3.29. The minimum Gasteiger partial charge on any atom is -0.305 e. The van der Waals surface area contributed by atoms with E-state index in [0.29, 0.717) is 30.8 Å². The number of likely N-dealkylation sites (N-methyl/N-ethyl adjacent to an activating group) is 1. The van der Waals surface area contributed by atoms with Crippen LogP contribution in [0.2, 0.25) is 0 Å². The maximum Gasteiger partial charge on any atom is 0.271 e. The summed E-state index contributed by atoms with van der Waals surface area (Å²) in [7, 11) is -1.76. The zero-order valence-corrected chi connectivity index (χ0v) is 13.9. The Morgan fingerprint density at radius 2 is 1.82 bits per heavy atom. The molecule has 0 unspecified atom stereocenters. The molecule has 1 aliphatic heterocycles. The van der Waals surface area contributed by atoms with Crippen LogP contribution in [0.3, 0.4) is 0 Å². The van der Waals surface area contributed by atoms with E-state index in [1.54, 1.807) is 13.8 Å². The first-order chi connectivity index (χ1) is 10.2. The Morgan fingerprint density at radius 1 is 1.14 bits per heavy atom. The van der Waals surface area contributed by atoms with Crippen LogP contribution in [0.25, 0.3) is 0 Å². The lowest BCUT2D eigenvalue weighted by molar-refractivity contribution is -0.385. The van der Waals surface area contributed by atoms with Crippen LogP contribution in [-0.2, 0) is 10.0 Å². The summed E-state index contributed by atoms with van der Waals surface area (Å²) in [5, 5.41) is 11.0. The molecule has 0 atom stereocenters. The summed E-state index contributed by atoms with van der Waals surface area (Å²) < 4.78 is 27.2. The van der Waals surface area contributed by atoms with Gasteiger partial charge in [0.25, 0.3) is 5.69 Å². The van der Waals surface area contributed by atoms with Gasteiger partial charge in [0.05, 0.1) is 9.82 Å². The number of sulfonamides is 1. The van der Waals surface area contributed by atoms with Gasteiger partial charge in [-0.15, -0.1) is 0 Å². The summed E-state index contributed by atoms with van der Waals surface area (Å²) in [6.45, 7) is 5.73. The first kappa shape index (κ1) is 16.9. The van der Waals surface area contributed by atoms with Gasteiger partial charge in [0.1, 0.15) is 0 Å². The van der Waals surface area contributed by atoms with Crippen LogP contribution in [-0.4, -0.2) is 55.8 Å². The number of nitrogens with zero attached hydrogens (tertiary/aromatic N) is 3. The highest BCUT2D eigenvalue weighted by molar-refractivity contribution is 7.89. The Hall–Kier alpha value is -1.51. The Bertz CT molecular complexity index is 688. The fourth-order valence-electron chi connectivity index (χ4n) is 2.58. The third-order valence-electron chi connectivity index (χ3n) is 4.11. The van der Waals surface area contributed by atoms with Crippen molar-refractivity contribution in [2.45, 2.75) is 25.2 Å². The second-order valence-corrected chi connectivity index (χ2v) is 7.61. The Balaban J connectivity index is 2.46. The second kappa shape index (κ2) is 6.31. The minimum atomic E-state index is -3.72. The lowest BCUT2D eigenvalue weighted by Crippen LogP contribution is -2.35. The molecule has 1 heterocycles. The molecule has 8 heteroatoms. The maximum absolute atomic E-state index is 12.9. The van der Waals surface area contributed by atoms with Gasteiger partial charge in [-0.1, -0.05) is 0 Å². The van der Waals surface area contributed by atoms with E-state index in [-0.39, 0.29) is 10.6 Å². The second-order valence-electron chi connectivity index (χ2n) is 5.70. The van der Waals surface area contributed by atoms with Crippen LogP contribution in [0, 0.1) is 24.0 Å². The molecule has 1 saturated heterocycles. The van der Waals surface area contributed by atoms with E-state index < -0.39 is 14.9 Å². The lowest BCUT2D eigenvalue weighted by Gasteiger charge is -2.21. The monoisotopic (exact) mass is 327 g/mol. The number of non-ortho nitro benzene ring substituents is 1. The van der Waals surface area contributed by atoms with Crippen molar-refractivity contribution in [3.8, 4) is 0 Å². The molecule has 0 N–H and O–H groups in total. The van der Waals surface area contributed by atoms with Crippen molar-refractivity contribution in [1.29, 1.82) is 0 Å². The largest absolute Gasteiger partial charge is 0.305 e. The van der Waals surface area contributed by atoms with Gasteiger partial charge in [-0.3, -0.25) is 10.1 Å². The average molecular weight is 327 g/mol. The Labute approximate surface area is 130 Å².